The van der Waals surface area contributed by atoms with Crippen molar-refractivity contribution in [2.24, 2.45) is 11.7 Å². The summed E-state index contributed by atoms with van der Waals surface area (Å²) in [4.78, 5) is 18.1. The number of nitrogens with two attached hydrogens (primary N) is 1. The van der Waals surface area contributed by atoms with E-state index < -0.39 is 0 Å². The van der Waals surface area contributed by atoms with Crippen LogP contribution in [0.25, 0.3) is 0 Å². The van der Waals surface area contributed by atoms with E-state index in [0.717, 1.165) is 32.5 Å². The number of halogens is 2. The number of rotatable bonds is 4. The van der Waals surface area contributed by atoms with E-state index >= 15 is 0 Å². The van der Waals surface area contributed by atoms with Gasteiger partial charge in [0.2, 0.25) is 5.91 Å². The van der Waals surface area contributed by atoms with Crippen LogP contribution in [0.4, 0.5) is 5.82 Å². The van der Waals surface area contributed by atoms with Gasteiger partial charge in [0.15, 0.2) is 5.82 Å². The van der Waals surface area contributed by atoms with Crippen molar-refractivity contribution >= 4 is 34.9 Å². The van der Waals surface area contributed by atoms with E-state index in [-0.39, 0.29) is 5.91 Å². The predicted octanol–water partition coefficient (Wildman–Crippen LogP) is 2.00. The molecule has 1 aromatic rings. The molecule has 20 heavy (non-hydrogen) atoms. The van der Waals surface area contributed by atoms with Crippen LogP contribution < -0.4 is 11.1 Å². The second-order valence-corrected chi connectivity index (χ2v) is 5.83. The molecule has 1 aliphatic heterocycles. The zero-order valence-electron chi connectivity index (χ0n) is 11.1. The van der Waals surface area contributed by atoms with Crippen LogP contribution in [-0.4, -0.2) is 42.0 Å². The van der Waals surface area contributed by atoms with Crippen LogP contribution in [0.15, 0.2) is 12.3 Å². The summed E-state index contributed by atoms with van der Waals surface area (Å²) in [6.45, 7) is 2.87. The van der Waals surface area contributed by atoms with Crippen LogP contribution in [0.2, 0.25) is 10.0 Å². The summed E-state index contributed by atoms with van der Waals surface area (Å²) in [5.74, 6) is 0.813. The molecule has 0 aliphatic carbocycles. The molecule has 0 bridgehead atoms. The molecule has 5 nitrogen and oxygen atoms in total. The topological polar surface area (TPSA) is 71.2 Å². The predicted molar refractivity (Wildman–Crippen MR) is 81.1 cm³/mol. The summed E-state index contributed by atoms with van der Waals surface area (Å²) < 4.78 is 0. The summed E-state index contributed by atoms with van der Waals surface area (Å²) in [6, 6.07) is 1.55. The molecule has 0 aromatic carbocycles. The van der Waals surface area contributed by atoms with Gasteiger partial charge in [-0.25, -0.2) is 4.98 Å². The summed E-state index contributed by atoms with van der Waals surface area (Å²) in [7, 11) is 0. The minimum atomic E-state index is -0.118. The molecule has 0 saturated carbocycles. The number of carbonyl (C=O) groups excluding carboxylic acids is 1. The summed E-state index contributed by atoms with van der Waals surface area (Å²) >= 11 is 11.7. The number of nitrogens with zero attached hydrogens (tertiary/aromatic N) is 2. The van der Waals surface area contributed by atoms with E-state index in [2.05, 4.69) is 15.2 Å². The lowest BCUT2D eigenvalue weighted by atomic mass is 9.97. The molecule has 0 spiro atoms. The molecule has 110 valence electrons. The Morgan fingerprint density at radius 1 is 1.45 bits per heavy atom. The van der Waals surface area contributed by atoms with Crippen molar-refractivity contribution in [3.8, 4) is 0 Å². The van der Waals surface area contributed by atoms with Crippen LogP contribution in [0.5, 0.6) is 0 Å². The van der Waals surface area contributed by atoms with E-state index in [1.54, 1.807) is 6.07 Å². The monoisotopic (exact) mass is 316 g/mol. The highest BCUT2D eigenvalue weighted by atomic mass is 35.5. The van der Waals surface area contributed by atoms with Crippen LogP contribution in [0, 0.1) is 5.92 Å². The molecule has 0 radical (unpaired) electrons. The fourth-order valence-corrected chi connectivity index (χ4v) is 2.69. The van der Waals surface area contributed by atoms with Gasteiger partial charge >= 0.3 is 0 Å². The molecular weight excluding hydrogens is 299 g/mol. The quantitative estimate of drug-likeness (QED) is 0.891. The average Bonchev–Trinajstić information content (AvgIpc) is 2.43. The lowest BCUT2D eigenvalue weighted by Gasteiger charge is -2.30. The van der Waals surface area contributed by atoms with Gasteiger partial charge in [-0.15, -0.1) is 0 Å². The summed E-state index contributed by atoms with van der Waals surface area (Å²) in [5.41, 5.74) is 5.65. The molecular formula is C13H18Cl2N4O. The van der Waals surface area contributed by atoms with Crippen LogP contribution in [-0.2, 0) is 4.79 Å². The maximum Gasteiger partial charge on any atom is 0.239 e. The number of piperidine rings is 1. The van der Waals surface area contributed by atoms with Gasteiger partial charge in [0.25, 0.3) is 0 Å². The minimum Gasteiger partial charge on any atom is -0.330 e. The van der Waals surface area contributed by atoms with Gasteiger partial charge in [0.05, 0.1) is 16.6 Å². The first-order valence-corrected chi connectivity index (χ1v) is 7.37. The van der Waals surface area contributed by atoms with E-state index in [9.17, 15) is 4.79 Å². The smallest absolute Gasteiger partial charge is 0.239 e. The molecule has 1 aromatic heterocycles. The lowest BCUT2D eigenvalue weighted by molar-refractivity contribution is -0.117. The number of anilines is 1. The zero-order chi connectivity index (χ0) is 14.5. The molecule has 1 fully saturated rings. The number of carbonyl (C=O) groups is 1. The Morgan fingerprint density at radius 2 is 2.15 bits per heavy atom. The second kappa shape index (κ2) is 7.22. The van der Waals surface area contributed by atoms with E-state index in [1.807, 2.05) is 0 Å². The molecule has 3 N–H and O–H groups in total. The Kier molecular flexibility index (Phi) is 5.60. The van der Waals surface area contributed by atoms with Crippen molar-refractivity contribution in [2.45, 2.75) is 12.8 Å². The first-order valence-electron chi connectivity index (χ1n) is 6.62. The average molecular weight is 317 g/mol. The van der Waals surface area contributed by atoms with Crippen LogP contribution >= 0.6 is 23.2 Å². The fourth-order valence-electron chi connectivity index (χ4n) is 2.26. The third-order valence-corrected chi connectivity index (χ3v) is 3.97. The highest BCUT2D eigenvalue weighted by molar-refractivity contribution is 6.36. The highest BCUT2D eigenvalue weighted by Gasteiger charge is 2.20. The number of pyridine rings is 1. The number of hydrogen-bond acceptors (Lipinski definition) is 4. The minimum absolute atomic E-state index is 0.118. The second-order valence-electron chi connectivity index (χ2n) is 4.99. The molecule has 2 heterocycles. The number of nitrogens with one attached hydrogen (secondary N) is 1. The molecule has 7 heteroatoms. The van der Waals surface area contributed by atoms with Gasteiger partial charge in [-0.2, -0.15) is 0 Å². The van der Waals surface area contributed by atoms with Crippen LogP contribution in [0.1, 0.15) is 12.8 Å². The Hall–Kier alpha value is -0.880. The number of aromatic nitrogens is 1. The van der Waals surface area contributed by atoms with Gasteiger partial charge in [-0.05, 0) is 44.5 Å². The molecule has 1 amide bonds. The van der Waals surface area contributed by atoms with Gasteiger partial charge in [-0.1, -0.05) is 23.2 Å². The maximum absolute atomic E-state index is 12.0. The number of likely N-dealkylation sites (tertiary alicyclic amines) is 1. The van der Waals surface area contributed by atoms with Crippen molar-refractivity contribution in [3.05, 3.63) is 22.3 Å². The molecule has 2 rings (SSSR count). The van der Waals surface area contributed by atoms with Gasteiger partial charge in [-0.3, -0.25) is 9.69 Å². The Morgan fingerprint density at radius 3 is 2.75 bits per heavy atom. The van der Waals surface area contributed by atoms with Crippen molar-refractivity contribution in [3.63, 3.8) is 0 Å². The Balaban J connectivity index is 1.84. The number of amides is 1. The summed E-state index contributed by atoms with van der Waals surface area (Å²) in [5, 5.41) is 3.48. The van der Waals surface area contributed by atoms with E-state index in [4.69, 9.17) is 28.9 Å². The van der Waals surface area contributed by atoms with Crippen molar-refractivity contribution in [1.82, 2.24) is 9.88 Å². The Bertz CT molecular complexity index is 475. The number of hydrogen-bond donors (Lipinski definition) is 2. The van der Waals surface area contributed by atoms with Crippen molar-refractivity contribution < 1.29 is 4.79 Å². The zero-order valence-corrected chi connectivity index (χ0v) is 12.6. The first kappa shape index (κ1) is 15.5. The van der Waals surface area contributed by atoms with Crippen molar-refractivity contribution in [1.29, 1.82) is 0 Å². The van der Waals surface area contributed by atoms with E-state index in [0.29, 0.717) is 28.3 Å². The third-order valence-electron chi connectivity index (χ3n) is 3.47. The van der Waals surface area contributed by atoms with Gasteiger partial charge < -0.3 is 11.1 Å². The van der Waals surface area contributed by atoms with Gasteiger partial charge in [0, 0.05) is 6.20 Å². The largest absolute Gasteiger partial charge is 0.330 e. The SMILES string of the molecule is NCC1CCN(CC(=O)Nc2ncc(Cl)cc2Cl)CC1. The van der Waals surface area contributed by atoms with Crippen molar-refractivity contribution in [2.75, 3.05) is 31.5 Å². The highest BCUT2D eigenvalue weighted by Crippen LogP contribution is 2.22. The standard InChI is InChI=1S/C13H18Cl2N4O/c14-10-5-11(15)13(17-7-10)18-12(20)8-19-3-1-9(6-16)2-4-19/h5,7,9H,1-4,6,8,16H2,(H,17,18,20). The Labute approximate surface area is 128 Å². The first-order chi connectivity index (χ1) is 9.58. The molecule has 0 atom stereocenters. The maximum atomic E-state index is 12.0. The molecule has 0 unspecified atom stereocenters. The molecule has 1 aliphatic rings. The van der Waals surface area contributed by atoms with E-state index in [1.165, 1.54) is 6.20 Å². The normalized spacial score (nSPS) is 17.1. The fraction of sp³-hybridized carbons (Fsp3) is 0.538. The molecule has 1 saturated heterocycles. The third kappa shape index (κ3) is 4.31. The summed E-state index contributed by atoms with van der Waals surface area (Å²) in [6.07, 6.45) is 3.54. The van der Waals surface area contributed by atoms with Crippen LogP contribution in [0.3, 0.4) is 0 Å². The van der Waals surface area contributed by atoms with Gasteiger partial charge in [0.1, 0.15) is 0 Å². The lowest BCUT2D eigenvalue weighted by Crippen LogP contribution is -2.40.